The van der Waals surface area contributed by atoms with E-state index < -0.39 is 11.9 Å². The van der Waals surface area contributed by atoms with E-state index in [4.69, 9.17) is 9.47 Å². The van der Waals surface area contributed by atoms with Crippen LogP contribution in [0.3, 0.4) is 0 Å². The highest BCUT2D eigenvalue weighted by Gasteiger charge is 2.10. The molecule has 0 N–H and O–H groups in total. The quantitative estimate of drug-likeness (QED) is 0.329. The molecule has 0 spiro atoms. The van der Waals surface area contributed by atoms with Gasteiger partial charge in [-0.1, -0.05) is 46.5 Å². The zero-order chi connectivity index (χ0) is 15.2. The van der Waals surface area contributed by atoms with E-state index >= 15 is 0 Å². The molecule has 0 fully saturated rings. The van der Waals surface area contributed by atoms with Crippen molar-refractivity contribution in [3.63, 3.8) is 0 Å². The van der Waals surface area contributed by atoms with Gasteiger partial charge in [0.25, 0.3) is 0 Å². The predicted octanol–water partition coefficient (Wildman–Crippen LogP) is 3.79. The maximum absolute atomic E-state index is 11.5. The lowest BCUT2D eigenvalue weighted by molar-refractivity contribution is -0.144. The van der Waals surface area contributed by atoms with Crippen molar-refractivity contribution in [2.45, 2.75) is 71.8 Å². The van der Waals surface area contributed by atoms with Crippen LogP contribution in [0.15, 0.2) is 12.2 Å². The average Bonchev–Trinajstić information content (AvgIpc) is 2.45. The second-order valence-corrected chi connectivity index (χ2v) is 4.82. The first-order valence-electron chi connectivity index (χ1n) is 7.69. The molecular weight excluding hydrogens is 256 g/mol. The monoisotopic (exact) mass is 284 g/mol. The summed E-state index contributed by atoms with van der Waals surface area (Å²) in [5.74, 6) is -0.960. The van der Waals surface area contributed by atoms with E-state index in [2.05, 4.69) is 13.8 Å². The van der Waals surface area contributed by atoms with E-state index in [1.165, 1.54) is 0 Å². The molecule has 0 heterocycles. The van der Waals surface area contributed by atoms with Gasteiger partial charge in [-0.25, -0.2) is 9.59 Å². The van der Waals surface area contributed by atoms with Gasteiger partial charge < -0.3 is 9.47 Å². The summed E-state index contributed by atoms with van der Waals surface area (Å²) in [4.78, 5) is 22.9. The molecule has 4 nitrogen and oxygen atoms in total. The molecule has 0 aliphatic heterocycles. The maximum Gasteiger partial charge on any atom is 0.331 e. The number of hydrogen-bond donors (Lipinski definition) is 0. The SMILES string of the molecule is CCCCCOC(=O)/C=C/C(=O)OC(CC)CCCC. The first-order chi connectivity index (χ1) is 9.63. The van der Waals surface area contributed by atoms with E-state index in [0.29, 0.717) is 6.61 Å². The predicted molar refractivity (Wildman–Crippen MR) is 79.3 cm³/mol. The molecule has 0 radical (unpaired) electrons. The standard InChI is InChI=1S/C16H28O4/c1-4-7-9-13-19-15(17)11-12-16(18)20-14(6-3)10-8-5-2/h11-12,14H,4-10,13H2,1-3H3/b12-11+. The molecule has 0 aromatic rings. The molecule has 0 aromatic heterocycles. The minimum absolute atomic E-state index is 0.0623. The molecule has 0 aromatic carbocycles. The number of ether oxygens (including phenoxy) is 2. The summed E-state index contributed by atoms with van der Waals surface area (Å²) in [6, 6.07) is 0. The Morgan fingerprint density at radius 2 is 1.60 bits per heavy atom. The van der Waals surface area contributed by atoms with E-state index in [0.717, 1.165) is 57.1 Å². The Kier molecular flexibility index (Phi) is 11.9. The highest BCUT2D eigenvalue weighted by molar-refractivity contribution is 5.91. The van der Waals surface area contributed by atoms with Gasteiger partial charge in [0.2, 0.25) is 0 Å². The Bertz CT molecular complexity index is 297. The van der Waals surface area contributed by atoms with Crippen LogP contribution in [0.25, 0.3) is 0 Å². The van der Waals surface area contributed by atoms with Crippen LogP contribution in [0.2, 0.25) is 0 Å². The van der Waals surface area contributed by atoms with Crippen LogP contribution in [-0.2, 0) is 19.1 Å². The van der Waals surface area contributed by atoms with Gasteiger partial charge in [0.1, 0.15) is 6.10 Å². The fourth-order valence-corrected chi connectivity index (χ4v) is 1.69. The summed E-state index contributed by atoms with van der Waals surface area (Å²) >= 11 is 0. The summed E-state index contributed by atoms with van der Waals surface area (Å²) in [6.07, 6.45) is 8.97. The highest BCUT2D eigenvalue weighted by Crippen LogP contribution is 2.09. The lowest BCUT2D eigenvalue weighted by Crippen LogP contribution is -2.16. The maximum atomic E-state index is 11.5. The molecule has 0 aliphatic carbocycles. The molecule has 0 amide bonds. The summed E-state index contributed by atoms with van der Waals surface area (Å²) in [6.45, 7) is 6.57. The Morgan fingerprint density at radius 1 is 0.950 bits per heavy atom. The van der Waals surface area contributed by atoms with E-state index in [1.54, 1.807) is 0 Å². The van der Waals surface area contributed by atoms with Crippen molar-refractivity contribution >= 4 is 11.9 Å². The van der Waals surface area contributed by atoms with Crippen LogP contribution < -0.4 is 0 Å². The third kappa shape index (κ3) is 10.6. The van der Waals surface area contributed by atoms with Crippen LogP contribution in [0, 0.1) is 0 Å². The highest BCUT2D eigenvalue weighted by atomic mass is 16.5. The molecule has 0 saturated carbocycles. The van der Waals surface area contributed by atoms with Crippen LogP contribution in [0.4, 0.5) is 0 Å². The van der Waals surface area contributed by atoms with Crippen molar-refractivity contribution in [2.24, 2.45) is 0 Å². The Labute approximate surface area is 122 Å². The third-order valence-corrected chi connectivity index (χ3v) is 2.97. The van der Waals surface area contributed by atoms with Gasteiger partial charge in [-0.15, -0.1) is 0 Å². The average molecular weight is 284 g/mol. The largest absolute Gasteiger partial charge is 0.463 e. The van der Waals surface area contributed by atoms with Crippen molar-refractivity contribution in [1.29, 1.82) is 0 Å². The Hall–Kier alpha value is -1.32. The molecule has 0 aliphatic rings. The minimum atomic E-state index is -0.486. The van der Waals surface area contributed by atoms with Crippen molar-refractivity contribution in [2.75, 3.05) is 6.61 Å². The molecule has 4 heteroatoms. The van der Waals surface area contributed by atoms with E-state index in [9.17, 15) is 9.59 Å². The summed E-state index contributed by atoms with van der Waals surface area (Å²) in [5.41, 5.74) is 0. The summed E-state index contributed by atoms with van der Waals surface area (Å²) in [7, 11) is 0. The van der Waals surface area contributed by atoms with Gasteiger partial charge in [0.05, 0.1) is 6.61 Å². The minimum Gasteiger partial charge on any atom is -0.463 e. The van der Waals surface area contributed by atoms with Crippen LogP contribution in [0.5, 0.6) is 0 Å². The molecule has 0 rings (SSSR count). The third-order valence-electron chi connectivity index (χ3n) is 2.97. The first-order valence-corrected chi connectivity index (χ1v) is 7.69. The molecule has 1 unspecified atom stereocenters. The molecule has 0 bridgehead atoms. The Balaban J connectivity index is 3.92. The lowest BCUT2D eigenvalue weighted by atomic mass is 10.1. The molecule has 1 atom stereocenters. The van der Waals surface area contributed by atoms with Crippen molar-refractivity contribution in [3.8, 4) is 0 Å². The smallest absolute Gasteiger partial charge is 0.331 e. The van der Waals surface area contributed by atoms with Gasteiger partial charge >= 0.3 is 11.9 Å². The van der Waals surface area contributed by atoms with Gasteiger partial charge in [0.15, 0.2) is 0 Å². The van der Waals surface area contributed by atoms with Crippen LogP contribution in [0.1, 0.15) is 65.7 Å². The van der Waals surface area contributed by atoms with Gasteiger partial charge in [-0.05, 0) is 19.3 Å². The van der Waals surface area contributed by atoms with Crippen molar-refractivity contribution in [3.05, 3.63) is 12.2 Å². The topological polar surface area (TPSA) is 52.6 Å². The zero-order valence-electron chi connectivity index (χ0n) is 13.0. The van der Waals surface area contributed by atoms with E-state index in [-0.39, 0.29) is 6.10 Å². The van der Waals surface area contributed by atoms with Crippen molar-refractivity contribution in [1.82, 2.24) is 0 Å². The van der Waals surface area contributed by atoms with Crippen LogP contribution >= 0.6 is 0 Å². The number of esters is 2. The van der Waals surface area contributed by atoms with Gasteiger partial charge in [0, 0.05) is 12.2 Å². The van der Waals surface area contributed by atoms with Gasteiger partial charge in [-0.2, -0.15) is 0 Å². The van der Waals surface area contributed by atoms with Gasteiger partial charge in [-0.3, -0.25) is 0 Å². The lowest BCUT2D eigenvalue weighted by Gasteiger charge is -2.14. The fourth-order valence-electron chi connectivity index (χ4n) is 1.69. The number of carbonyl (C=O) groups excluding carboxylic acids is 2. The molecular formula is C16H28O4. The van der Waals surface area contributed by atoms with Crippen molar-refractivity contribution < 1.29 is 19.1 Å². The summed E-state index contributed by atoms with van der Waals surface area (Å²) in [5, 5.41) is 0. The second kappa shape index (κ2) is 12.7. The molecule has 116 valence electrons. The zero-order valence-corrected chi connectivity index (χ0v) is 13.0. The summed E-state index contributed by atoms with van der Waals surface area (Å²) < 4.78 is 10.2. The van der Waals surface area contributed by atoms with Crippen LogP contribution in [-0.4, -0.2) is 24.6 Å². The second-order valence-electron chi connectivity index (χ2n) is 4.82. The molecule has 0 saturated heterocycles. The fraction of sp³-hybridized carbons (Fsp3) is 0.750. The Morgan fingerprint density at radius 3 is 2.20 bits per heavy atom. The first kappa shape index (κ1) is 18.7. The molecule has 20 heavy (non-hydrogen) atoms. The van der Waals surface area contributed by atoms with E-state index in [1.807, 2.05) is 6.92 Å². The normalized spacial score (nSPS) is 12.3. The number of hydrogen-bond acceptors (Lipinski definition) is 4. The number of unbranched alkanes of at least 4 members (excludes halogenated alkanes) is 3. The number of carbonyl (C=O) groups is 2. The number of rotatable bonds is 11.